The van der Waals surface area contributed by atoms with E-state index in [1.165, 1.54) is 23.1 Å². The van der Waals surface area contributed by atoms with Crippen molar-refractivity contribution in [3.05, 3.63) is 24.1 Å². The van der Waals surface area contributed by atoms with Gasteiger partial charge in [-0.15, -0.1) is 20.4 Å². The zero-order valence-electron chi connectivity index (χ0n) is 13.9. The molecule has 0 atom stereocenters. The first kappa shape index (κ1) is 16.5. The van der Waals surface area contributed by atoms with E-state index >= 15 is 0 Å². The molecular weight excluding hydrogens is 390 g/mol. The number of thioether (sulfide) groups is 1. The summed E-state index contributed by atoms with van der Waals surface area (Å²) in [5.74, 6) is 2.88. The third-order valence-electron chi connectivity index (χ3n) is 3.99. The molecular formula is C16H13N5O4S2. The van der Waals surface area contributed by atoms with Gasteiger partial charge in [0.1, 0.15) is 0 Å². The van der Waals surface area contributed by atoms with Crippen molar-refractivity contribution >= 4 is 34.1 Å². The lowest BCUT2D eigenvalue weighted by Gasteiger charge is -1.98. The Labute approximate surface area is 161 Å². The van der Waals surface area contributed by atoms with Crippen molar-refractivity contribution in [2.75, 3.05) is 12.1 Å². The molecule has 1 N–H and O–H groups in total. The molecule has 27 heavy (non-hydrogen) atoms. The number of carbonyl (C=O) groups excluding carboxylic acids is 1. The lowest BCUT2D eigenvalue weighted by Crippen LogP contribution is -2.12. The van der Waals surface area contributed by atoms with Gasteiger partial charge in [0.05, 0.1) is 5.75 Å². The van der Waals surface area contributed by atoms with Crippen LogP contribution >= 0.6 is 23.1 Å². The Hall–Kier alpha value is -2.66. The van der Waals surface area contributed by atoms with Crippen molar-refractivity contribution in [3.63, 3.8) is 0 Å². The highest BCUT2D eigenvalue weighted by Gasteiger charge is 2.30. The van der Waals surface area contributed by atoms with Crippen LogP contribution in [0.25, 0.3) is 11.5 Å². The fourth-order valence-corrected chi connectivity index (χ4v) is 4.04. The van der Waals surface area contributed by atoms with Crippen LogP contribution in [0.4, 0.5) is 5.13 Å². The summed E-state index contributed by atoms with van der Waals surface area (Å²) >= 11 is 2.76. The molecule has 0 unspecified atom stereocenters. The van der Waals surface area contributed by atoms with Gasteiger partial charge in [0.25, 0.3) is 0 Å². The Morgan fingerprint density at radius 1 is 1.19 bits per heavy atom. The van der Waals surface area contributed by atoms with Gasteiger partial charge in [-0.2, -0.15) is 0 Å². The molecule has 1 amide bonds. The normalized spacial score (nSPS) is 15.1. The summed E-state index contributed by atoms with van der Waals surface area (Å²) in [4.78, 5) is 11.7. The molecule has 1 saturated carbocycles. The van der Waals surface area contributed by atoms with Gasteiger partial charge in [-0.1, -0.05) is 23.1 Å². The number of rotatable bonds is 6. The largest absolute Gasteiger partial charge is 0.454 e. The minimum absolute atomic E-state index is 0.0213. The van der Waals surface area contributed by atoms with E-state index in [-0.39, 0.29) is 18.6 Å². The SMILES string of the molecule is O=C(Nc1nnc(SCc2nnc(-c3ccc4c(c3)OCO4)o2)s1)C1CC1. The summed E-state index contributed by atoms with van der Waals surface area (Å²) in [7, 11) is 0. The zero-order valence-corrected chi connectivity index (χ0v) is 15.5. The van der Waals surface area contributed by atoms with Crippen molar-refractivity contribution in [3.8, 4) is 23.0 Å². The van der Waals surface area contributed by atoms with E-state index < -0.39 is 0 Å². The predicted molar refractivity (Wildman–Crippen MR) is 96.7 cm³/mol. The molecule has 11 heteroatoms. The first-order chi connectivity index (χ1) is 13.2. The molecule has 0 spiro atoms. The Kier molecular flexibility index (Phi) is 4.17. The second kappa shape index (κ2) is 6.82. The van der Waals surface area contributed by atoms with E-state index in [4.69, 9.17) is 13.9 Å². The highest BCUT2D eigenvalue weighted by atomic mass is 32.2. The van der Waals surface area contributed by atoms with E-state index in [1.807, 2.05) is 18.2 Å². The third-order valence-corrected chi connectivity index (χ3v) is 5.95. The number of amides is 1. The van der Waals surface area contributed by atoms with E-state index in [9.17, 15) is 4.79 Å². The number of hydrogen-bond acceptors (Lipinski definition) is 10. The van der Waals surface area contributed by atoms with Crippen LogP contribution in [0.1, 0.15) is 18.7 Å². The third kappa shape index (κ3) is 3.60. The minimum atomic E-state index is 0.0213. The molecule has 0 radical (unpaired) electrons. The van der Waals surface area contributed by atoms with Crippen LogP contribution in [0.3, 0.4) is 0 Å². The van der Waals surface area contributed by atoms with Gasteiger partial charge < -0.3 is 19.2 Å². The van der Waals surface area contributed by atoms with Crippen LogP contribution in [0.5, 0.6) is 11.5 Å². The maximum Gasteiger partial charge on any atom is 0.247 e. The standard InChI is InChI=1S/C16H13N5O4S2/c22-13(8-1-2-8)17-15-20-21-16(27-15)26-6-12-18-19-14(25-12)9-3-4-10-11(5-9)24-7-23-10/h3-5,8H,1-2,6-7H2,(H,17,20,22). The van der Waals surface area contributed by atoms with Crippen LogP contribution < -0.4 is 14.8 Å². The molecule has 0 saturated heterocycles. The Balaban J connectivity index is 1.21. The second-order valence-corrected chi connectivity index (χ2v) is 8.19. The lowest BCUT2D eigenvalue weighted by atomic mass is 10.2. The van der Waals surface area contributed by atoms with Gasteiger partial charge in [0.2, 0.25) is 29.6 Å². The Morgan fingerprint density at radius 2 is 2.07 bits per heavy atom. The van der Waals surface area contributed by atoms with E-state index in [0.29, 0.717) is 34.2 Å². The van der Waals surface area contributed by atoms with Gasteiger partial charge in [0, 0.05) is 11.5 Å². The van der Waals surface area contributed by atoms with Gasteiger partial charge in [-0.25, -0.2) is 0 Å². The lowest BCUT2D eigenvalue weighted by molar-refractivity contribution is -0.117. The van der Waals surface area contributed by atoms with Gasteiger partial charge in [-0.05, 0) is 31.0 Å². The number of nitrogens with one attached hydrogen (secondary N) is 1. The summed E-state index contributed by atoms with van der Waals surface area (Å²) in [5.41, 5.74) is 0.768. The maximum absolute atomic E-state index is 11.7. The summed E-state index contributed by atoms with van der Waals surface area (Å²) < 4.78 is 17.1. The van der Waals surface area contributed by atoms with Gasteiger partial charge in [0.15, 0.2) is 15.8 Å². The summed E-state index contributed by atoms with van der Waals surface area (Å²) in [6.45, 7) is 0.218. The molecule has 9 nitrogen and oxygen atoms in total. The summed E-state index contributed by atoms with van der Waals surface area (Å²) in [6.07, 6.45) is 1.91. The smallest absolute Gasteiger partial charge is 0.247 e. The highest BCUT2D eigenvalue weighted by molar-refractivity contribution is 8.00. The molecule has 2 aliphatic rings. The van der Waals surface area contributed by atoms with E-state index in [2.05, 4.69) is 25.7 Å². The monoisotopic (exact) mass is 403 g/mol. The van der Waals surface area contributed by atoms with Crippen LogP contribution in [0.15, 0.2) is 27.0 Å². The van der Waals surface area contributed by atoms with Crippen molar-refractivity contribution in [1.29, 1.82) is 0 Å². The van der Waals surface area contributed by atoms with Crippen molar-refractivity contribution in [1.82, 2.24) is 20.4 Å². The van der Waals surface area contributed by atoms with Crippen LogP contribution in [0.2, 0.25) is 0 Å². The topological polar surface area (TPSA) is 112 Å². The number of hydrogen-bond donors (Lipinski definition) is 1. The number of anilines is 1. The number of fused-ring (bicyclic) bond motifs is 1. The number of nitrogens with zero attached hydrogens (tertiary/aromatic N) is 4. The number of ether oxygens (including phenoxy) is 2. The molecule has 0 bridgehead atoms. The van der Waals surface area contributed by atoms with Gasteiger partial charge >= 0.3 is 0 Å². The molecule has 1 aliphatic carbocycles. The Bertz CT molecular complexity index is 1000. The summed E-state index contributed by atoms with van der Waals surface area (Å²) in [5, 5.41) is 19.5. The molecule has 3 heterocycles. The first-order valence-electron chi connectivity index (χ1n) is 8.24. The molecule has 1 fully saturated rings. The fraction of sp³-hybridized carbons (Fsp3) is 0.312. The van der Waals surface area contributed by atoms with Crippen LogP contribution in [-0.4, -0.2) is 33.1 Å². The average molecular weight is 403 g/mol. The molecule has 1 aromatic carbocycles. The second-order valence-electron chi connectivity index (χ2n) is 5.99. The average Bonchev–Trinajstić information content (AvgIpc) is 3.07. The van der Waals surface area contributed by atoms with Crippen LogP contribution in [0, 0.1) is 5.92 Å². The molecule has 5 rings (SSSR count). The van der Waals surface area contributed by atoms with E-state index in [1.54, 1.807) is 0 Å². The zero-order chi connectivity index (χ0) is 18.2. The maximum atomic E-state index is 11.7. The number of benzene rings is 1. The van der Waals surface area contributed by atoms with Crippen molar-refractivity contribution in [2.45, 2.75) is 22.9 Å². The van der Waals surface area contributed by atoms with Crippen molar-refractivity contribution < 1.29 is 18.7 Å². The minimum Gasteiger partial charge on any atom is -0.454 e. The highest BCUT2D eigenvalue weighted by Crippen LogP contribution is 2.36. The Morgan fingerprint density at radius 3 is 2.96 bits per heavy atom. The first-order valence-corrected chi connectivity index (χ1v) is 10.0. The molecule has 2 aromatic heterocycles. The molecule has 1 aliphatic heterocycles. The number of carbonyl (C=O) groups is 1. The molecule has 138 valence electrons. The quantitative estimate of drug-likeness (QED) is 0.490. The van der Waals surface area contributed by atoms with Crippen molar-refractivity contribution in [2.24, 2.45) is 5.92 Å². The molecule has 3 aromatic rings. The van der Waals surface area contributed by atoms with E-state index in [0.717, 1.165) is 22.7 Å². The van der Waals surface area contributed by atoms with Gasteiger partial charge in [-0.3, -0.25) is 4.79 Å². The summed E-state index contributed by atoms with van der Waals surface area (Å²) in [6, 6.07) is 5.47. The fourth-order valence-electron chi connectivity index (χ4n) is 2.45. The predicted octanol–water partition coefficient (Wildman–Crippen LogP) is 2.96. The van der Waals surface area contributed by atoms with Crippen LogP contribution in [-0.2, 0) is 10.5 Å². The number of aromatic nitrogens is 4.